The van der Waals surface area contributed by atoms with Gasteiger partial charge in [0.15, 0.2) is 10.6 Å². The minimum atomic E-state index is 0.275. The molecular formula is C11H12ClN3S. The zero-order valence-corrected chi connectivity index (χ0v) is 10.6. The van der Waals surface area contributed by atoms with Gasteiger partial charge in [-0.25, -0.2) is 0 Å². The van der Waals surface area contributed by atoms with Gasteiger partial charge >= 0.3 is 0 Å². The number of benzene rings is 1. The van der Waals surface area contributed by atoms with Crippen molar-refractivity contribution in [1.29, 1.82) is 0 Å². The van der Waals surface area contributed by atoms with Crippen LogP contribution in [0.3, 0.4) is 0 Å². The monoisotopic (exact) mass is 253 g/mol. The Hall–Kier alpha value is -1.13. The highest BCUT2D eigenvalue weighted by Crippen LogP contribution is 2.22. The molecule has 0 unspecified atom stereocenters. The first kappa shape index (κ1) is 11.4. The molecule has 3 nitrogen and oxygen atoms in total. The lowest BCUT2D eigenvalue weighted by Crippen LogP contribution is -2.03. The molecule has 0 saturated carbocycles. The number of aromatic nitrogens is 3. The summed E-state index contributed by atoms with van der Waals surface area (Å²) in [6, 6.07) is 7.84. The van der Waals surface area contributed by atoms with Crippen molar-refractivity contribution >= 4 is 23.8 Å². The van der Waals surface area contributed by atoms with E-state index >= 15 is 0 Å². The third-order valence-electron chi connectivity index (χ3n) is 2.32. The summed E-state index contributed by atoms with van der Waals surface area (Å²) in [5.74, 6) is 0.844. The lowest BCUT2D eigenvalue weighted by Gasteiger charge is -2.10. The van der Waals surface area contributed by atoms with Crippen LogP contribution in [-0.4, -0.2) is 14.8 Å². The fourth-order valence-electron chi connectivity index (χ4n) is 1.59. The quantitative estimate of drug-likeness (QED) is 0.825. The number of hydrogen-bond donors (Lipinski definition) is 1. The van der Waals surface area contributed by atoms with Crippen molar-refractivity contribution in [1.82, 2.24) is 14.8 Å². The van der Waals surface area contributed by atoms with Crippen LogP contribution in [0.15, 0.2) is 24.3 Å². The van der Waals surface area contributed by atoms with Gasteiger partial charge in [-0.1, -0.05) is 11.6 Å². The van der Waals surface area contributed by atoms with Crippen molar-refractivity contribution < 1.29 is 0 Å². The highest BCUT2D eigenvalue weighted by molar-refractivity contribution is 7.71. The van der Waals surface area contributed by atoms with Gasteiger partial charge in [0.1, 0.15) is 0 Å². The van der Waals surface area contributed by atoms with Crippen molar-refractivity contribution in [2.24, 2.45) is 0 Å². The lowest BCUT2D eigenvalue weighted by atomic mass is 10.2. The van der Waals surface area contributed by atoms with Crippen LogP contribution in [0.5, 0.6) is 0 Å². The number of H-pyrrole nitrogens is 1. The van der Waals surface area contributed by atoms with Gasteiger partial charge < -0.3 is 0 Å². The summed E-state index contributed by atoms with van der Waals surface area (Å²) in [5.41, 5.74) is 1.01. The van der Waals surface area contributed by atoms with E-state index in [1.165, 1.54) is 0 Å². The van der Waals surface area contributed by atoms with E-state index in [0.717, 1.165) is 11.4 Å². The van der Waals surface area contributed by atoms with Crippen molar-refractivity contribution in [2.45, 2.75) is 19.9 Å². The third kappa shape index (κ3) is 2.03. The number of nitrogens with zero attached hydrogens (tertiary/aromatic N) is 2. The predicted molar refractivity (Wildman–Crippen MR) is 68.2 cm³/mol. The Morgan fingerprint density at radius 3 is 2.50 bits per heavy atom. The Bertz CT molecular complexity index is 539. The maximum atomic E-state index is 5.85. The van der Waals surface area contributed by atoms with E-state index < -0.39 is 0 Å². The van der Waals surface area contributed by atoms with Gasteiger partial charge in [0.25, 0.3) is 0 Å². The number of aromatic amines is 1. The first-order chi connectivity index (χ1) is 7.59. The van der Waals surface area contributed by atoms with Gasteiger partial charge in [-0.3, -0.25) is 9.67 Å². The highest BCUT2D eigenvalue weighted by Gasteiger charge is 2.10. The molecule has 16 heavy (non-hydrogen) atoms. The SMILES string of the molecule is CC(C)n1c(-c2ccc(Cl)cc2)n[nH]c1=S. The van der Waals surface area contributed by atoms with E-state index in [1.807, 2.05) is 28.8 Å². The Morgan fingerprint density at radius 2 is 1.94 bits per heavy atom. The van der Waals surface area contributed by atoms with Crippen LogP contribution >= 0.6 is 23.8 Å². The Kier molecular flexibility index (Phi) is 3.12. The van der Waals surface area contributed by atoms with Gasteiger partial charge in [0, 0.05) is 16.6 Å². The molecule has 0 aliphatic heterocycles. The van der Waals surface area contributed by atoms with E-state index in [-0.39, 0.29) is 6.04 Å². The molecule has 0 saturated heterocycles. The lowest BCUT2D eigenvalue weighted by molar-refractivity contribution is 0.597. The Balaban J connectivity index is 2.56. The molecule has 0 aliphatic carbocycles. The molecule has 0 spiro atoms. The van der Waals surface area contributed by atoms with Crippen molar-refractivity contribution in [2.75, 3.05) is 0 Å². The topological polar surface area (TPSA) is 33.6 Å². The summed E-state index contributed by atoms with van der Waals surface area (Å²) < 4.78 is 2.62. The van der Waals surface area contributed by atoms with Crippen molar-refractivity contribution in [3.63, 3.8) is 0 Å². The van der Waals surface area contributed by atoms with Gasteiger partial charge in [-0.15, -0.1) is 0 Å². The summed E-state index contributed by atoms with van der Waals surface area (Å²) in [6.07, 6.45) is 0. The molecular weight excluding hydrogens is 242 g/mol. The summed E-state index contributed by atoms with van der Waals surface area (Å²) >= 11 is 11.0. The number of hydrogen-bond acceptors (Lipinski definition) is 2. The molecule has 1 N–H and O–H groups in total. The normalized spacial score (nSPS) is 11.0. The second-order valence-corrected chi connectivity index (χ2v) is 4.65. The molecule has 5 heteroatoms. The first-order valence-corrected chi connectivity index (χ1v) is 5.81. The van der Waals surface area contributed by atoms with Gasteiger partial charge in [0.05, 0.1) is 0 Å². The van der Waals surface area contributed by atoms with Gasteiger partial charge in [-0.05, 0) is 50.3 Å². The zero-order valence-electron chi connectivity index (χ0n) is 9.07. The Morgan fingerprint density at radius 1 is 1.31 bits per heavy atom. The molecule has 84 valence electrons. The minimum Gasteiger partial charge on any atom is -0.298 e. The van der Waals surface area contributed by atoms with Crippen LogP contribution < -0.4 is 0 Å². The summed E-state index contributed by atoms with van der Waals surface area (Å²) in [6.45, 7) is 4.15. The summed E-state index contributed by atoms with van der Waals surface area (Å²) in [5, 5.41) is 7.77. The number of rotatable bonds is 2. The Labute approximate surface area is 104 Å². The molecule has 1 heterocycles. The fourth-order valence-corrected chi connectivity index (χ4v) is 2.06. The largest absolute Gasteiger partial charge is 0.298 e. The standard InChI is InChI=1S/C11H12ClN3S/c1-7(2)15-10(13-14-11(15)16)8-3-5-9(12)6-4-8/h3-7H,1-2H3,(H,14,16). The van der Waals surface area contributed by atoms with Gasteiger partial charge in [-0.2, -0.15) is 5.10 Å². The first-order valence-electron chi connectivity index (χ1n) is 5.02. The molecule has 1 aromatic carbocycles. The van der Waals surface area contributed by atoms with Crippen molar-refractivity contribution in [3.05, 3.63) is 34.1 Å². The highest BCUT2D eigenvalue weighted by atomic mass is 35.5. The van der Waals surface area contributed by atoms with Crippen LogP contribution in [0.25, 0.3) is 11.4 Å². The van der Waals surface area contributed by atoms with Crippen LogP contribution in [-0.2, 0) is 0 Å². The third-order valence-corrected chi connectivity index (χ3v) is 2.86. The average Bonchev–Trinajstić information content (AvgIpc) is 2.61. The molecule has 1 aromatic heterocycles. The maximum absolute atomic E-state index is 5.85. The van der Waals surface area contributed by atoms with Gasteiger partial charge in [0.2, 0.25) is 0 Å². The minimum absolute atomic E-state index is 0.275. The molecule has 0 radical (unpaired) electrons. The van der Waals surface area contributed by atoms with Crippen LogP contribution in [0.4, 0.5) is 0 Å². The van der Waals surface area contributed by atoms with E-state index in [1.54, 1.807) is 0 Å². The molecule has 2 aromatic rings. The molecule has 0 amide bonds. The molecule has 2 rings (SSSR count). The summed E-state index contributed by atoms with van der Waals surface area (Å²) in [4.78, 5) is 0. The second kappa shape index (κ2) is 4.39. The van der Waals surface area contributed by atoms with E-state index in [0.29, 0.717) is 9.79 Å². The van der Waals surface area contributed by atoms with E-state index in [2.05, 4.69) is 24.0 Å². The van der Waals surface area contributed by atoms with E-state index in [9.17, 15) is 0 Å². The van der Waals surface area contributed by atoms with Crippen LogP contribution in [0.2, 0.25) is 5.02 Å². The number of nitrogens with one attached hydrogen (secondary N) is 1. The van der Waals surface area contributed by atoms with Crippen LogP contribution in [0, 0.1) is 4.77 Å². The second-order valence-electron chi connectivity index (χ2n) is 3.82. The maximum Gasteiger partial charge on any atom is 0.195 e. The predicted octanol–water partition coefficient (Wildman–Crippen LogP) is 3.84. The zero-order chi connectivity index (χ0) is 11.7. The van der Waals surface area contributed by atoms with E-state index in [4.69, 9.17) is 23.8 Å². The smallest absolute Gasteiger partial charge is 0.195 e. The van der Waals surface area contributed by atoms with Crippen molar-refractivity contribution in [3.8, 4) is 11.4 Å². The summed E-state index contributed by atoms with van der Waals surface area (Å²) in [7, 11) is 0. The van der Waals surface area contributed by atoms with Crippen LogP contribution in [0.1, 0.15) is 19.9 Å². The molecule has 0 bridgehead atoms. The molecule has 0 fully saturated rings. The molecule has 0 atom stereocenters. The average molecular weight is 254 g/mol. The fraction of sp³-hybridized carbons (Fsp3) is 0.273. The number of halogens is 1. The molecule has 0 aliphatic rings.